The second-order valence-corrected chi connectivity index (χ2v) is 6.25. The van der Waals surface area contributed by atoms with Crippen molar-refractivity contribution in [1.29, 1.82) is 0 Å². The Morgan fingerprint density at radius 3 is 2.81 bits per heavy atom. The van der Waals surface area contributed by atoms with Gasteiger partial charge in [0, 0.05) is 17.3 Å². The van der Waals surface area contributed by atoms with Gasteiger partial charge in [-0.15, -0.1) is 0 Å². The summed E-state index contributed by atoms with van der Waals surface area (Å²) in [6, 6.07) is 18.1. The molecule has 0 bridgehead atoms. The maximum Gasteiger partial charge on any atom is 0.134 e. The SMILES string of the molecule is c1ccc2oc(COCCn3cnc4cnc5ccccc5c43)cc2c1. The normalized spacial score (nSPS) is 11.7. The summed E-state index contributed by atoms with van der Waals surface area (Å²) in [6.45, 7) is 1.77. The second-order valence-electron chi connectivity index (χ2n) is 6.25. The van der Waals surface area contributed by atoms with Crippen LogP contribution in [0.15, 0.2) is 71.5 Å². The lowest BCUT2D eigenvalue weighted by Gasteiger charge is -2.07. The summed E-state index contributed by atoms with van der Waals surface area (Å²) >= 11 is 0. The fraction of sp³-hybridized carbons (Fsp3) is 0.143. The van der Waals surface area contributed by atoms with Crippen LogP contribution in [0.1, 0.15) is 5.76 Å². The first-order valence-electron chi connectivity index (χ1n) is 8.62. The largest absolute Gasteiger partial charge is 0.459 e. The summed E-state index contributed by atoms with van der Waals surface area (Å²) in [4.78, 5) is 8.92. The van der Waals surface area contributed by atoms with Gasteiger partial charge in [-0.05, 0) is 18.2 Å². The van der Waals surface area contributed by atoms with Gasteiger partial charge < -0.3 is 13.7 Å². The van der Waals surface area contributed by atoms with Crippen LogP contribution in [-0.4, -0.2) is 21.1 Å². The lowest BCUT2D eigenvalue weighted by molar-refractivity contribution is 0.101. The van der Waals surface area contributed by atoms with Crippen LogP contribution in [0.5, 0.6) is 0 Å². The molecule has 0 atom stereocenters. The predicted molar refractivity (Wildman–Crippen MR) is 101 cm³/mol. The smallest absolute Gasteiger partial charge is 0.134 e. The zero-order valence-corrected chi connectivity index (χ0v) is 14.1. The van der Waals surface area contributed by atoms with E-state index in [0.717, 1.165) is 45.2 Å². The van der Waals surface area contributed by atoms with Crippen molar-refractivity contribution in [2.45, 2.75) is 13.2 Å². The molecule has 0 radical (unpaired) electrons. The molecule has 0 aliphatic heterocycles. The molecule has 0 fully saturated rings. The molecule has 0 aliphatic carbocycles. The molecule has 0 aliphatic rings. The van der Waals surface area contributed by atoms with Crippen LogP contribution in [0.4, 0.5) is 0 Å². The number of furan rings is 1. The van der Waals surface area contributed by atoms with Gasteiger partial charge in [-0.3, -0.25) is 4.98 Å². The van der Waals surface area contributed by atoms with Crippen LogP contribution >= 0.6 is 0 Å². The highest BCUT2D eigenvalue weighted by Crippen LogP contribution is 2.23. The van der Waals surface area contributed by atoms with E-state index < -0.39 is 0 Å². The minimum atomic E-state index is 0.462. The van der Waals surface area contributed by atoms with Crippen molar-refractivity contribution in [3.63, 3.8) is 0 Å². The average molecular weight is 343 g/mol. The van der Waals surface area contributed by atoms with Gasteiger partial charge in [0.1, 0.15) is 23.5 Å². The molecule has 5 heteroatoms. The number of hydrogen-bond acceptors (Lipinski definition) is 4. The standard InChI is InChI=1S/C21H17N3O2/c1-4-8-20-15(5-1)11-16(26-20)13-25-10-9-24-14-23-19-12-22-18-7-3-2-6-17(18)21(19)24/h1-8,11-12,14H,9-10,13H2. The summed E-state index contributed by atoms with van der Waals surface area (Å²) in [5, 5.41) is 2.21. The summed E-state index contributed by atoms with van der Waals surface area (Å²) in [7, 11) is 0. The van der Waals surface area contributed by atoms with Gasteiger partial charge in [-0.1, -0.05) is 36.4 Å². The Bertz CT molecular complexity index is 1170. The highest BCUT2D eigenvalue weighted by Gasteiger charge is 2.08. The third-order valence-electron chi connectivity index (χ3n) is 4.55. The molecule has 2 aromatic carbocycles. The maximum atomic E-state index is 5.83. The highest BCUT2D eigenvalue weighted by atomic mass is 16.5. The van der Waals surface area contributed by atoms with Crippen LogP contribution in [0.3, 0.4) is 0 Å². The van der Waals surface area contributed by atoms with Gasteiger partial charge in [-0.25, -0.2) is 4.98 Å². The zero-order chi connectivity index (χ0) is 17.3. The summed E-state index contributed by atoms with van der Waals surface area (Å²) < 4.78 is 13.7. The first-order chi connectivity index (χ1) is 12.9. The molecule has 0 amide bonds. The number of benzene rings is 2. The number of para-hydroxylation sites is 2. The zero-order valence-electron chi connectivity index (χ0n) is 14.1. The lowest BCUT2D eigenvalue weighted by atomic mass is 10.2. The van der Waals surface area contributed by atoms with Gasteiger partial charge in [0.15, 0.2) is 0 Å². The number of nitrogens with zero attached hydrogens (tertiary/aromatic N) is 3. The quantitative estimate of drug-likeness (QED) is 0.439. The molecular weight excluding hydrogens is 326 g/mol. The van der Waals surface area contributed by atoms with E-state index in [9.17, 15) is 0 Å². The van der Waals surface area contributed by atoms with Gasteiger partial charge in [-0.2, -0.15) is 0 Å². The molecule has 0 spiro atoms. The Morgan fingerprint density at radius 1 is 0.962 bits per heavy atom. The third kappa shape index (κ3) is 2.62. The molecule has 3 aromatic heterocycles. The number of hydrogen-bond donors (Lipinski definition) is 0. The molecule has 5 nitrogen and oxygen atoms in total. The Hall–Kier alpha value is -3.18. The first kappa shape index (κ1) is 15.1. The fourth-order valence-corrected chi connectivity index (χ4v) is 3.32. The van der Waals surface area contributed by atoms with E-state index in [-0.39, 0.29) is 0 Å². The third-order valence-corrected chi connectivity index (χ3v) is 4.55. The number of aromatic nitrogens is 3. The van der Waals surface area contributed by atoms with Crippen molar-refractivity contribution in [3.05, 3.63) is 72.9 Å². The minimum absolute atomic E-state index is 0.462. The highest BCUT2D eigenvalue weighted by molar-refractivity contribution is 6.01. The molecule has 0 saturated heterocycles. The number of imidazole rings is 1. The van der Waals surface area contributed by atoms with Gasteiger partial charge in [0.25, 0.3) is 0 Å². The first-order valence-corrected chi connectivity index (χ1v) is 8.62. The summed E-state index contributed by atoms with van der Waals surface area (Å²) in [6.07, 6.45) is 3.67. The Labute approximate surface area is 149 Å². The molecular formula is C21H17N3O2. The van der Waals surface area contributed by atoms with Gasteiger partial charge in [0.2, 0.25) is 0 Å². The van der Waals surface area contributed by atoms with E-state index in [0.29, 0.717) is 13.2 Å². The number of pyridine rings is 1. The van der Waals surface area contributed by atoms with E-state index >= 15 is 0 Å². The molecule has 5 rings (SSSR count). The maximum absolute atomic E-state index is 5.83. The monoisotopic (exact) mass is 343 g/mol. The van der Waals surface area contributed by atoms with Crippen molar-refractivity contribution in [2.24, 2.45) is 0 Å². The molecule has 0 N–H and O–H groups in total. The van der Waals surface area contributed by atoms with Crippen molar-refractivity contribution < 1.29 is 9.15 Å². The molecule has 26 heavy (non-hydrogen) atoms. The molecule has 0 unspecified atom stereocenters. The number of fused-ring (bicyclic) bond motifs is 4. The van der Waals surface area contributed by atoms with Gasteiger partial charge in [0.05, 0.1) is 30.2 Å². The van der Waals surface area contributed by atoms with Gasteiger partial charge >= 0.3 is 0 Å². The lowest BCUT2D eigenvalue weighted by Crippen LogP contribution is -2.05. The van der Waals surface area contributed by atoms with Crippen molar-refractivity contribution in [1.82, 2.24) is 14.5 Å². The van der Waals surface area contributed by atoms with Crippen molar-refractivity contribution >= 4 is 32.9 Å². The van der Waals surface area contributed by atoms with E-state index in [1.54, 1.807) is 0 Å². The second kappa shape index (κ2) is 6.28. The molecule has 128 valence electrons. The van der Waals surface area contributed by atoms with Crippen molar-refractivity contribution in [2.75, 3.05) is 6.61 Å². The molecule has 3 heterocycles. The van der Waals surface area contributed by atoms with E-state index in [2.05, 4.69) is 20.6 Å². The van der Waals surface area contributed by atoms with Crippen LogP contribution in [-0.2, 0) is 17.9 Å². The van der Waals surface area contributed by atoms with E-state index in [1.165, 1.54) is 0 Å². The number of ether oxygens (including phenoxy) is 1. The van der Waals surface area contributed by atoms with E-state index in [1.807, 2.05) is 61.1 Å². The van der Waals surface area contributed by atoms with Crippen molar-refractivity contribution in [3.8, 4) is 0 Å². The van der Waals surface area contributed by atoms with Crippen LogP contribution in [0, 0.1) is 0 Å². The van der Waals surface area contributed by atoms with Crippen LogP contribution < -0.4 is 0 Å². The topological polar surface area (TPSA) is 53.1 Å². The van der Waals surface area contributed by atoms with E-state index in [4.69, 9.17) is 9.15 Å². The summed E-state index contributed by atoms with van der Waals surface area (Å²) in [5.74, 6) is 0.844. The molecule has 5 aromatic rings. The van der Waals surface area contributed by atoms with Crippen LogP contribution in [0.2, 0.25) is 0 Å². The predicted octanol–water partition coefficient (Wildman–Crippen LogP) is 4.55. The Balaban J connectivity index is 1.31. The summed E-state index contributed by atoms with van der Waals surface area (Å²) in [5.41, 5.74) is 3.87. The number of rotatable bonds is 5. The fourth-order valence-electron chi connectivity index (χ4n) is 3.32. The Morgan fingerprint density at radius 2 is 1.85 bits per heavy atom. The minimum Gasteiger partial charge on any atom is -0.459 e. The molecule has 0 saturated carbocycles. The average Bonchev–Trinajstić information content (AvgIpc) is 3.29. The Kier molecular flexibility index (Phi) is 3.65. The van der Waals surface area contributed by atoms with Crippen LogP contribution in [0.25, 0.3) is 32.9 Å².